The van der Waals surface area contributed by atoms with Crippen molar-refractivity contribution >= 4 is 16.7 Å². The van der Waals surface area contributed by atoms with Crippen LogP contribution in [-0.4, -0.2) is 15.6 Å². The number of benzene rings is 2. The van der Waals surface area contributed by atoms with Crippen LogP contribution in [0.1, 0.15) is 34.1 Å². The number of aryl methyl sites for hydroxylation is 3. The van der Waals surface area contributed by atoms with E-state index in [1.165, 1.54) is 11.6 Å². The number of pyridine rings is 1. The Morgan fingerprint density at radius 3 is 2.28 bits per heavy atom. The molecule has 3 rings (SSSR count). The first-order valence-corrected chi connectivity index (χ1v) is 8.32. The molecule has 0 aliphatic carbocycles. The van der Waals surface area contributed by atoms with Crippen molar-refractivity contribution in [3.8, 4) is 11.1 Å². The van der Waals surface area contributed by atoms with Crippen LogP contribution < -0.4 is 5.56 Å². The summed E-state index contributed by atoms with van der Waals surface area (Å²) in [5.74, 6) is -1.10. The van der Waals surface area contributed by atoms with Crippen LogP contribution in [0, 0.1) is 13.8 Å². The Morgan fingerprint density at radius 2 is 1.68 bits per heavy atom. The van der Waals surface area contributed by atoms with Gasteiger partial charge in [0, 0.05) is 18.0 Å². The van der Waals surface area contributed by atoms with Crippen molar-refractivity contribution in [2.45, 2.75) is 27.2 Å². The van der Waals surface area contributed by atoms with Gasteiger partial charge in [-0.15, -0.1) is 0 Å². The van der Waals surface area contributed by atoms with E-state index in [-0.39, 0.29) is 11.3 Å². The Labute approximate surface area is 146 Å². The van der Waals surface area contributed by atoms with E-state index in [0.717, 1.165) is 28.7 Å². The lowest BCUT2D eigenvalue weighted by Gasteiger charge is -2.18. The predicted molar refractivity (Wildman–Crippen MR) is 100 cm³/mol. The molecular formula is C21H21NO3. The van der Waals surface area contributed by atoms with Gasteiger partial charge in [0.1, 0.15) is 5.69 Å². The summed E-state index contributed by atoms with van der Waals surface area (Å²) in [7, 11) is 1.53. The molecule has 0 bridgehead atoms. The van der Waals surface area contributed by atoms with Crippen molar-refractivity contribution in [3.05, 3.63) is 69.1 Å². The van der Waals surface area contributed by atoms with Crippen molar-refractivity contribution in [2.24, 2.45) is 7.05 Å². The average Bonchev–Trinajstić information content (AvgIpc) is 2.59. The number of hydrogen-bond acceptors (Lipinski definition) is 2. The van der Waals surface area contributed by atoms with Crippen molar-refractivity contribution in [1.29, 1.82) is 0 Å². The first-order chi connectivity index (χ1) is 11.9. The van der Waals surface area contributed by atoms with E-state index < -0.39 is 5.97 Å². The topological polar surface area (TPSA) is 59.3 Å². The molecule has 0 unspecified atom stereocenters. The summed E-state index contributed by atoms with van der Waals surface area (Å²) < 4.78 is 1.25. The SMILES string of the molecule is CCc1ccccc1-c1c(C(=O)O)n(C)c(=O)c2cc(C)c(C)cc12. The highest BCUT2D eigenvalue weighted by Crippen LogP contribution is 2.34. The standard InChI is InChI=1S/C21H21NO3/c1-5-14-8-6-7-9-15(14)18-16-10-12(2)13(3)11-17(16)20(23)22(4)19(18)21(24)25/h6-11H,5H2,1-4H3,(H,24,25). The lowest BCUT2D eigenvalue weighted by Crippen LogP contribution is -2.25. The molecule has 1 N–H and O–H groups in total. The fourth-order valence-corrected chi connectivity index (χ4v) is 3.37. The van der Waals surface area contributed by atoms with E-state index in [1.807, 2.05) is 57.2 Å². The van der Waals surface area contributed by atoms with E-state index in [2.05, 4.69) is 0 Å². The smallest absolute Gasteiger partial charge is 0.353 e. The van der Waals surface area contributed by atoms with Gasteiger partial charge in [0.2, 0.25) is 0 Å². The Hall–Kier alpha value is -2.88. The van der Waals surface area contributed by atoms with E-state index in [0.29, 0.717) is 16.3 Å². The molecule has 0 aliphatic rings. The fourth-order valence-electron chi connectivity index (χ4n) is 3.37. The van der Waals surface area contributed by atoms with Gasteiger partial charge in [0.25, 0.3) is 5.56 Å². The minimum Gasteiger partial charge on any atom is -0.477 e. The van der Waals surface area contributed by atoms with Crippen molar-refractivity contribution in [1.82, 2.24) is 4.57 Å². The molecule has 0 amide bonds. The quantitative estimate of drug-likeness (QED) is 0.784. The number of carbonyl (C=O) groups is 1. The van der Waals surface area contributed by atoms with Gasteiger partial charge in [-0.25, -0.2) is 4.79 Å². The summed E-state index contributed by atoms with van der Waals surface area (Å²) in [5.41, 5.74) is 4.34. The molecule has 4 heteroatoms. The van der Waals surface area contributed by atoms with Crippen LogP contribution in [0.15, 0.2) is 41.2 Å². The molecule has 0 saturated heterocycles. The summed E-state index contributed by atoms with van der Waals surface area (Å²) in [6.07, 6.45) is 0.782. The van der Waals surface area contributed by atoms with Crippen molar-refractivity contribution in [2.75, 3.05) is 0 Å². The molecule has 128 valence electrons. The van der Waals surface area contributed by atoms with E-state index in [4.69, 9.17) is 0 Å². The summed E-state index contributed by atoms with van der Waals surface area (Å²) in [6, 6.07) is 11.6. The number of fused-ring (bicyclic) bond motifs is 1. The molecule has 2 aromatic carbocycles. The predicted octanol–water partition coefficient (Wildman–Crippen LogP) is 4.08. The van der Waals surface area contributed by atoms with E-state index in [9.17, 15) is 14.7 Å². The van der Waals surface area contributed by atoms with Crippen molar-refractivity contribution < 1.29 is 9.90 Å². The zero-order chi connectivity index (χ0) is 18.3. The minimum absolute atomic E-state index is 0.0293. The maximum Gasteiger partial charge on any atom is 0.353 e. The number of aromatic nitrogens is 1. The molecular weight excluding hydrogens is 314 g/mol. The maximum atomic E-state index is 12.8. The first-order valence-electron chi connectivity index (χ1n) is 8.32. The number of nitrogens with zero attached hydrogens (tertiary/aromatic N) is 1. The summed E-state index contributed by atoms with van der Waals surface area (Å²) in [4.78, 5) is 24.8. The monoisotopic (exact) mass is 335 g/mol. The zero-order valence-corrected chi connectivity index (χ0v) is 14.9. The minimum atomic E-state index is -1.10. The lowest BCUT2D eigenvalue weighted by molar-refractivity contribution is 0.0686. The second kappa shape index (κ2) is 6.20. The molecule has 0 fully saturated rings. The van der Waals surface area contributed by atoms with Crippen LogP contribution in [0.4, 0.5) is 0 Å². The second-order valence-corrected chi connectivity index (χ2v) is 6.39. The molecule has 3 aromatic rings. The van der Waals surface area contributed by atoms with E-state index >= 15 is 0 Å². The van der Waals surface area contributed by atoms with Crippen LogP contribution in [0.2, 0.25) is 0 Å². The molecule has 0 saturated carbocycles. The third kappa shape index (κ3) is 2.64. The first kappa shape index (κ1) is 17.0. The van der Waals surface area contributed by atoms with Crippen LogP contribution in [0.5, 0.6) is 0 Å². The summed E-state index contributed by atoms with van der Waals surface area (Å²) in [5, 5.41) is 11.1. The lowest BCUT2D eigenvalue weighted by atomic mass is 9.90. The number of carboxylic acid groups (broad SMARTS) is 1. The molecule has 0 radical (unpaired) electrons. The third-order valence-electron chi connectivity index (χ3n) is 4.88. The molecule has 0 atom stereocenters. The van der Waals surface area contributed by atoms with Gasteiger partial charge >= 0.3 is 5.97 Å². The van der Waals surface area contributed by atoms with Crippen LogP contribution >= 0.6 is 0 Å². The van der Waals surface area contributed by atoms with E-state index in [1.54, 1.807) is 0 Å². The van der Waals surface area contributed by atoms with Crippen LogP contribution in [-0.2, 0) is 13.5 Å². The number of hydrogen-bond donors (Lipinski definition) is 1. The van der Waals surface area contributed by atoms with Gasteiger partial charge in [0.15, 0.2) is 0 Å². The normalized spacial score (nSPS) is 11.0. The third-order valence-corrected chi connectivity index (χ3v) is 4.88. The summed E-state index contributed by atoms with van der Waals surface area (Å²) >= 11 is 0. The Bertz CT molecular complexity index is 1060. The maximum absolute atomic E-state index is 12.8. The number of carboxylic acids is 1. The highest BCUT2D eigenvalue weighted by molar-refractivity contribution is 6.07. The molecule has 4 nitrogen and oxygen atoms in total. The van der Waals surface area contributed by atoms with Gasteiger partial charge in [-0.1, -0.05) is 37.3 Å². The number of rotatable bonds is 3. The Morgan fingerprint density at radius 1 is 1.08 bits per heavy atom. The molecule has 1 aromatic heterocycles. The van der Waals surface area contributed by atoms with Gasteiger partial charge in [-0.3, -0.25) is 4.79 Å². The average molecular weight is 335 g/mol. The molecule has 25 heavy (non-hydrogen) atoms. The van der Waals surface area contributed by atoms with Gasteiger partial charge in [-0.2, -0.15) is 0 Å². The zero-order valence-electron chi connectivity index (χ0n) is 14.9. The molecule has 0 spiro atoms. The van der Waals surface area contributed by atoms with Crippen LogP contribution in [0.3, 0.4) is 0 Å². The highest BCUT2D eigenvalue weighted by Gasteiger charge is 2.23. The van der Waals surface area contributed by atoms with Gasteiger partial charge in [-0.05, 0) is 54.0 Å². The van der Waals surface area contributed by atoms with Gasteiger partial charge in [0.05, 0.1) is 0 Å². The van der Waals surface area contributed by atoms with Crippen molar-refractivity contribution in [3.63, 3.8) is 0 Å². The molecule has 0 aliphatic heterocycles. The number of aromatic carboxylic acids is 1. The Kier molecular flexibility index (Phi) is 4.21. The highest BCUT2D eigenvalue weighted by atomic mass is 16.4. The second-order valence-electron chi connectivity index (χ2n) is 6.39. The largest absolute Gasteiger partial charge is 0.477 e. The van der Waals surface area contributed by atoms with Gasteiger partial charge < -0.3 is 9.67 Å². The summed E-state index contributed by atoms with van der Waals surface area (Å²) in [6.45, 7) is 5.97. The van der Waals surface area contributed by atoms with Crippen LogP contribution in [0.25, 0.3) is 21.9 Å². The molecule has 1 heterocycles. The fraction of sp³-hybridized carbons (Fsp3) is 0.238. The Balaban J connectivity index is 2.62.